The summed E-state index contributed by atoms with van der Waals surface area (Å²) in [5.41, 5.74) is 1.00. The number of Topliss-reactive ketones (excluding diaryl/α,β-unsaturated/α-hetero) is 1. The van der Waals surface area contributed by atoms with Crippen molar-refractivity contribution in [2.24, 2.45) is 11.8 Å². The van der Waals surface area contributed by atoms with E-state index in [4.69, 9.17) is 4.74 Å². The van der Waals surface area contributed by atoms with Gasteiger partial charge in [0.15, 0.2) is 5.78 Å². The number of hydrogen-bond acceptors (Lipinski definition) is 4. The normalized spacial score (nSPS) is 11.4. The van der Waals surface area contributed by atoms with Crippen LogP contribution in [0.4, 0.5) is 0 Å². The van der Waals surface area contributed by atoms with Crippen molar-refractivity contribution in [2.45, 2.75) is 40.7 Å². The van der Waals surface area contributed by atoms with Gasteiger partial charge in [0.25, 0.3) is 0 Å². The highest BCUT2D eigenvalue weighted by Crippen LogP contribution is 2.03. The van der Waals surface area contributed by atoms with Crippen LogP contribution in [0.15, 0.2) is 6.20 Å². The molecular weight excluding hydrogens is 230 g/mol. The Morgan fingerprint density at radius 3 is 2.72 bits per heavy atom. The van der Waals surface area contributed by atoms with Gasteiger partial charge in [0.1, 0.15) is 6.61 Å². The Hall–Kier alpha value is -1.23. The second kappa shape index (κ2) is 7.26. The number of aromatic nitrogens is 3. The van der Waals surface area contributed by atoms with Crippen LogP contribution in [0, 0.1) is 11.8 Å². The largest absolute Gasteiger partial charge is 0.372 e. The van der Waals surface area contributed by atoms with Gasteiger partial charge in [-0.1, -0.05) is 32.9 Å². The van der Waals surface area contributed by atoms with Crippen molar-refractivity contribution >= 4 is 5.78 Å². The van der Waals surface area contributed by atoms with E-state index in [-0.39, 0.29) is 18.3 Å². The molecule has 0 unspecified atom stereocenters. The number of hydrogen-bond donors (Lipinski definition) is 0. The molecule has 5 nitrogen and oxygen atoms in total. The number of ketones is 1. The fourth-order valence-corrected chi connectivity index (χ4v) is 1.46. The summed E-state index contributed by atoms with van der Waals surface area (Å²) in [5.74, 6) is 0.748. The van der Waals surface area contributed by atoms with Crippen molar-refractivity contribution in [3.05, 3.63) is 11.9 Å². The van der Waals surface area contributed by atoms with Gasteiger partial charge < -0.3 is 4.74 Å². The summed E-state index contributed by atoms with van der Waals surface area (Å²) in [6, 6.07) is 0. The lowest BCUT2D eigenvalue weighted by Gasteiger charge is -2.05. The lowest BCUT2D eigenvalue weighted by Crippen LogP contribution is -2.17. The predicted molar refractivity (Wildman–Crippen MR) is 69.2 cm³/mol. The minimum Gasteiger partial charge on any atom is -0.372 e. The Bertz CT molecular complexity index is 372. The molecule has 5 heteroatoms. The molecule has 0 aromatic carbocycles. The van der Waals surface area contributed by atoms with Crippen LogP contribution < -0.4 is 0 Å². The molecule has 0 aliphatic rings. The van der Waals surface area contributed by atoms with Gasteiger partial charge in [0.05, 0.1) is 18.8 Å². The molecule has 102 valence electrons. The third-order valence-electron chi connectivity index (χ3n) is 2.56. The first-order valence-corrected chi connectivity index (χ1v) is 6.48. The van der Waals surface area contributed by atoms with Crippen LogP contribution in [-0.2, 0) is 22.5 Å². The van der Waals surface area contributed by atoms with E-state index in [1.807, 2.05) is 20.0 Å². The molecule has 0 aliphatic carbocycles. The second-order valence-corrected chi connectivity index (χ2v) is 5.24. The van der Waals surface area contributed by atoms with Crippen molar-refractivity contribution in [2.75, 3.05) is 13.2 Å². The molecule has 18 heavy (non-hydrogen) atoms. The third kappa shape index (κ3) is 5.40. The first kappa shape index (κ1) is 14.8. The zero-order valence-corrected chi connectivity index (χ0v) is 11.7. The maximum absolute atomic E-state index is 11.3. The van der Waals surface area contributed by atoms with Gasteiger partial charge >= 0.3 is 0 Å². The van der Waals surface area contributed by atoms with Crippen LogP contribution in [-0.4, -0.2) is 34.0 Å². The standard InChI is InChI=1S/C13H23N3O2/c1-10(2)7-12-8-16(15-14-12)5-6-18-9-13(17)11(3)4/h8,10-11H,5-7,9H2,1-4H3. The van der Waals surface area contributed by atoms with Crippen LogP contribution >= 0.6 is 0 Å². The van der Waals surface area contributed by atoms with Gasteiger partial charge in [-0.2, -0.15) is 0 Å². The highest BCUT2D eigenvalue weighted by Gasteiger charge is 2.07. The van der Waals surface area contributed by atoms with Crippen LogP contribution in [0.3, 0.4) is 0 Å². The maximum atomic E-state index is 11.3. The third-order valence-corrected chi connectivity index (χ3v) is 2.56. The summed E-state index contributed by atoms with van der Waals surface area (Å²) < 4.78 is 7.07. The minimum atomic E-state index is 0.0361. The van der Waals surface area contributed by atoms with E-state index in [0.717, 1.165) is 12.1 Å². The van der Waals surface area contributed by atoms with Gasteiger partial charge in [-0.15, -0.1) is 5.10 Å². The number of rotatable bonds is 8. The molecule has 1 heterocycles. The zero-order chi connectivity index (χ0) is 13.5. The molecule has 0 atom stereocenters. The highest BCUT2D eigenvalue weighted by molar-refractivity contribution is 5.81. The average molecular weight is 253 g/mol. The van der Waals surface area contributed by atoms with Gasteiger partial charge in [-0.25, -0.2) is 4.68 Å². The predicted octanol–water partition coefficient (Wildman–Crippen LogP) is 1.72. The molecule has 0 N–H and O–H groups in total. The molecule has 0 saturated carbocycles. The van der Waals surface area contributed by atoms with Crippen LogP contribution in [0.25, 0.3) is 0 Å². The van der Waals surface area contributed by atoms with E-state index in [9.17, 15) is 4.79 Å². The molecule has 0 fully saturated rings. The monoisotopic (exact) mass is 253 g/mol. The van der Waals surface area contributed by atoms with Crippen molar-refractivity contribution in [3.63, 3.8) is 0 Å². The lowest BCUT2D eigenvalue weighted by atomic mass is 10.1. The fourth-order valence-electron chi connectivity index (χ4n) is 1.46. The first-order valence-electron chi connectivity index (χ1n) is 6.48. The smallest absolute Gasteiger partial charge is 0.160 e. The Morgan fingerprint density at radius 2 is 2.11 bits per heavy atom. The van der Waals surface area contributed by atoms with Crippen molar-refractivity contribution < 1.29 is 9.53 Å². The first-order chi connectivity index (χ1) is 8.49. The van der Waals surface area contributed by atoms with Gasteiger partial charge in [-0.3, -0.25) is 4.79 Å². The van der Waals surface area contributed by atoms with Crippen LogP contribution in [0.5, 0.6) is 0 Å². The molecule has 0 saturated heterocycles. The molecule has 1 rings (SSSR count). The number of nitrogens with zero attached hydrogens (tertiary/aromatic N) is 3. The number of ether oxygens (including phenoxy) is 1. The topological polar surface area (TPSA) is 57.0 Å². The summed E-state index contributed by atoms with van der Waals surface area (Å²) in [7, 11) is 0. The molecule has 0 spiro atoms. The summed E-state index contributed by atoms with van der Waals surface area (Å²) in [5, 5.41) is 8.11. The maximum Gasteiger partial charge on any atom is 0.160 e. The fraction of sp³-hybridized carbons (Fsp3) is 0.769. The number of carbonyl (C=O) groups excluding carboxylic acids is 1. The van der Waals surface area contributed by atoms with E-state index < -0.39 is 0 Å². The van der Waals surface area contributed by atoms with E-state index in [1.54, 1.807) is 4.68 Å². The van der Waals surface area contributed by atoms with E-state index >= 15 is 0 Å². The van der Waals surface area contributed by atoms with Crippen LogP contribution in [0.2, 0.25) is 0 Å². The summed E-state index contributed by atoms with van der Waals surface area (Å²) >= 11 is 0. The Labute approximate surface area is 109 Å². The second-order valence-electron chi connectivity index (χ2n) is 5.24. The molecule has 0 aliphatic heterocycles. The molecular formula is C13H23N3O2. The average Bonchev–Trinajstić information content (AvgIpc) is 2.70. The van der Waals surface area contributed by atoms with Gasteiger partial charge in [0, 0.05) is 12.1 Å². The van der Waals surface area contributed by atoms with Crippen molar-refractivity contribution in [3.8, 4) is 0 Å². The summed E-state index contributed by atoms with van der Waals surface area (Å²) in [4.78, 5) is 11.3. The molecule has 1 aromatic rings. The molecule has 0 amide bonds. The highest BCUT2D eigenvalue weighted by atomic mass is 16.5. The SMILES string of the molecule is CC(C)Cc1cn(CCOCC(=O)C(C)C)nn1. The Morgan fingerprint density at radius 1 is 1.39 bits per heavy atom. The van der Waals surface area contributed by atoms with E-state index in [0.29, 0.717) is 19.1 Å². The molecule has 1 aromatic heterocycles. The van der Waals surface area contributed by atoms with Gasteiger partial charge in [-0.05, 0) is 12.3 Å². The van der Waals surface area contributed by atoms with Crippen LogP contribution in [0.1, 0.15) is 33.4 Å². The number of carbonyl (C=O) groups is 1. The molecule has 0 bridgehead atoms. The lowest BCUT2D eigenvalue weighted by molar-refractivity contribution is -0.126. The Balaban J connectivity index is 2.23. The zero-order valence-electron chi connectivity index (χ0n) is 11.7. The van der Waals surface area contributed by atoms with Crippen molar-refractivity contribution in [1.82, 2.24) is 15.0 Å². The van der Waals surface area contributed by atoms with E-state index in [2.05, 4.69) is 24.2 Å². The summed E-state index contributed by atoms with van der Waals surface area (Å²) in [6.45, 7) is 9.37. The minimum absolute atomic E-state index is 0.0361. The van der Waals surface area contributed by atoms with Gasteiger partial charge in [0.2, 0.25) is 0 Å². The van der Waals surface area contributed by atoms with Crippen molar-refractivity contribution in [1.29, 1.82) is 0 Å². The Kier molecular flexibility index (Phi) is 5.98. The van der Waals surface area contributed by atoms with E-state index in [1.165, 1.54) is 0 Å². The molecule has 0 radical (unpaired) electrons. The quantitative estimate of drug-likeness (QED) is 0.662. The summed E-state index contributed by atoms with van der Waals surface area (Å²) in [6.07, 6.45) is 2.88.